The van der Waals surface area contributed by atoms with Gasteiger partial charge in [-0.25, -0.2) is 9.18 Å². The third kappa shape index (κ3) is 5.89. The van der Waals surface area contributed by atoms with E-state index in [-0.39, 0.29) is 23.7 Å². The normalized spacial score (nSPS) is 19.1. The lowest BCUT2D eigenvalue weighted by molar-refractivity contribution is 0.101. The molecule has 0 bridgehead atoms. The van der Waals surface area contributed by atoms with E-state index < -0.39 is 0 Å². The summed E-state index contributed by atoms with van der Waals surface area (Å²) in [6.07, 6.45) is 2.98. The van der Waals surface area contributed by atoms with Crippen LogP contribution >= 0.6 is 0 Å². The lowest BCUT2D eigenvalue weighted by Gasteiger charge is -2.30. The number of nitrogens with one attached hydrogen (secondary N) is 3. The molecule has 0 aromatic heterocycles. The number of halogens is 1. The molecule has 0 aliphatic carbocycles. The molecule has 2 aromatic rings. The first-order chi connectivity index (χ1) is 13.5. The van der Waals surface area contributed by atoms with E-state index in [2.05, 4.69) is 16.0 Å². The predicted octanol–water partition coefficient (Wildman–Crippen LogP) is 3.76. The summed E-state index contributed by atoms with van der Waals surface area (Å²) in [6, 6.07) is 13.5. The Morgan fingerprint density at radius 1 is 1.14 bits per heavy atom. The minimum absolute atomic E-state index is 0.0364. The minimum Gasteiger partial charge on any atom is -0.336 e. The highest BCUT2D eigenvalue weighted by atomic mass is 19.1. The first kappa shape index (κ1) is 20.0. The second kappa shape index (κ2) is 9.46. The number of urea groups is 1. The molecule has 3 rings (SSSR count). The number of anilines is 1. The van der Waals surface area contributed by atoms with Gasteiger partial charge in [-0.1, -0.05) is 24.3 Å². The monoisotopic (exact) mass is 383 g/mol. The molecule has 2 aromatic carbocycles. The number of carbonyl (C=O) groups excluding carboxylic acids is 2. The molecule has 3 N–H and O–H groups in total. The van der Waals surface area contributed by atoms with Crippen LogP contribution in [0.4, 0.5) is 14.9 Å². The molecule has 0 spiro atoms. The number of hydrogen-bond acceptors (Lipinski definition) is 3. The summed E-state index contributed by atoms with van der Waals surface area (Å²) in [5.41, 5.74) is 2.32. The SMILES string of the molecule is CC(=O)c1cccc(NC(=O)NC[C@@H]2CC[C@H](Cc3ccc(F)cc3)CN2)c1. The molecule has 1 saturated heterocycles. The van der Waals surface area contributed by atoms with Gasteiger partial charge in [0.1, 0.15) is 5.82 Å². The molecule has 2 atom stereocenters. The van der Waals surface area contributed by atoms with Crippen molar-refractivity contribution in [1.82, 2.24) is 10.6 Å². The fraction of sp³-hybridized carbons (Fsp3) is 0.364. The highest BCUT2D eigenvalue weighted by Gasteiger charge is 2.21. The van der Waals surface area contributed by atoms with Crippen LogP contribution in [0.25, 0.3) is 0 Å². The second-order valence-corrected chi connectivity index (χ2v) is 7.35. The molecular weight excluding hydrogens is 357 g/mol. The first-order valence-corrected chi connectivity index (χ1v) is 9.63. The van der Waals surface area contributed by atoms with Gasteiger partial charge in [-0.15, -0.1) is 0 Å². The smallest absolute Gasteiger partial charge is 0.319 e. The molecule has 5 nitrogen and oxygen atoms in total. The Labute approximate surface area is 164 Å². The Kier molecular flexibility index (Phi) is 6.76. The van der Waals surface area contributed by atoms with Gasteiger partial charge in [0.2, 0.25) is 0 Å². The van der Waals surface area contributed by atoms with E-state index in [1.807, 2.05) is 12.1 Å². The molecule has 28 heavy (non-hydrogen) atoms. The van der Waals surface area contributed by atoms with E-state index in [0.29, 0.717) is 23.7 Å². The summed E-state index contributed by atoms with van der Waals surface area (Å²) in [7, 11) is 0. The van der Waals surface area contributed by atoms with Gasteiger partial charge in [-0.05, 0) is 68.5 Å². The third-order valence-electron chi connectivity index (χ3n) is 5.09. The number of rotatable bonds is 6. The van der Waals surface area contributed by atoms with Gasteiger partial charge in [0.15, 0.2) is 5.78 Å². The van der Waals surface area contributed by atoms with Crippen molar-refractivity contribution in [3.05, 3.63) is 65.5 Å². The molecule has 1 aliphatic heterocycles. The maximum atomic E-state index is 13.0. The Bertz CT molecular complexity index is 815. The van der Waals surface area contributed by atoms with Gasteiger partial charge in [0.05, 0.1) is 0 Å². The Hall–Kier alpha value is -2.73. The van der Waals surface area contributed by atoms with E-state index in [1.54, 1.807) is 24.3 Å². The van der Waals surface area contributed by atoms with Gasteiger partial charge in [-0.3, -0.25) is 4.79 Å². The topological polar surface area (TPSA) is 70.2 Å². The average molecular weight is 383 g/mol. The molecule has 6 heteroatoms. The van der Waals surface area contributed by atoms with Crippen molar-refractivity contribution in [2.24, 2.45) is 5.92 Å². The fourth-order valence-corrected chi connectivity index (χ4v) is 3.48. The van der Waals surface area contributed by atoms with Crippen molar-refractivity contribution in [2.45, 2.75) is 32.2 Å². The Morgan fingerprint density at radius 2 is 1.93 bits per heavy atom. The van der Waals surface area contributed by atoms with Crippen molar-refractivity contribution in [3.63, 3.8) is 0 Å². The number of piperidine rings is 1. The van der Waals surface area contributed by atoms with Crippen LogP contribution in [-0.2, 0) is 6.42 Å². The van der Waals surface area contributed by atoms with Gasteiger partial charge in [-0.2, -0.15) is 0 Å². The maximum Gasteiger partial charge on any atom is 0.319 e. The predicted molar refractivity (Wildman–Crippen MR) is 108 cm³/mol. The zero-order valence-corrected chi connectivity index (χ0v) is 16.0. The number of Topliss-reactive ketones (excluding diaryl/α,β-unsaturated/α-hetero) is 1. The fourth-order valence-electron chi connectivity index (χ4n) is 3.48. The molecule has 148 valence electrons. The highest BCUT2D eigenvalue weighted by Crippen LogP contribution is 2.19. The van der Waals surface area contributed by atoms with Gasteiger partial charge in [0.25, 0.3) is 0 Å². The molecule has 2 amide bonds. The van der Waals surface area contributed by atoms with Crippen LogP contribution < -0.4 is 16.0 Å². The summed E-state index contributed by atoms with van der Waals surface area (Å²) < 4.78 is 13.0. The summed E-state index contributed by atoms with van der Waals surface area (Å²) in [6.45, 7) is 2.92. The van der Waals surface area contributed by atoms with Crippen molar-refractivity contribution in [1.29, 1.82) is 0 Å². The summed E-state index contributed by atoms with van der Waals surface area (Å²) in [4.78, 5) is 23.5. The van der Waals surface area contributed by atoms with Crippen LogP contribution in [0.2, 0.25) is 0 Å². The van der Waals surface area contributed by atoms with Crippen LogP contribution in [-0.4, -0.2) is 30.9 Å². The van der Waals surface area contributed by atoms with Crippen molar-refractivity contribution >= 4 is 17.5 Å². The molecule has 0 saturated carbocycles. The van der Waals surface area contributed by atoms with E-state index in [1.165, 1.54) is 19.1 Å². The van der Waals surface area contributed by atoms with Crippen LogP contribution in [0, 0.1) is 11.7 Å². The zero-order chi connectivity index (χ0) is 19.9. The molecule has 0 radical (unpaired) electrons. The van der Waals surface area contributed by atoms with Gasteiger partial charge < -0.3 is 16.0 Å². The lowest BCUT2D eigenvalue weighted by Crippen LogP contribution is -2.47. The van der Waals surface area contributed by atoms with Crippen molar-refractivity contribution in [3.8, 4) is 0 Å². The minimum atomic E-state index is -0.282. The van der Waals surface area contributed by atoms with Gasteiger partial charge >= 0.3 is 6.03 Å². The molecular formula is C22H26FN3O2. The quantitative estimate of drug-likeness (QED) is 0.665. The second-order valence-electron chi connectivity index (χ2n) is 7.35. The lowest BCUT2D eigenvalue weighted by atomic mass is 9.89. The number of carbonyl (C=O) groups is 2. The first-order valence-electron chi connectivity index (χ1n) is 9.63. The average Bonchev–Trinajstić information content (AvgIpc) is 2.69. The Morgan fingerprint density at radius 3 is 2.61 bits per heavy atom. The number of benzene rings is 2. The number of hydrogen-bond donors (Lipinski definition) is 3. The largest absolute Gasteiger partial charge is 0.336 e. The standard InChI is InChI=1S/C22H26FN3O2/c1-15(27)18-3-2-4-20(12-18)26-22(28)25-14-21-10-7-17(13-24-21)11-16-5-8-19(23)9-6-16/h2-6,8-9,12,17,21,24H,7,10-11,13-14H2,1H3,(H2,25,26,28)/t17-,21+/m1/s1. The van der Waals surface area contributed by atoms with Crippen LogP contribution in [0.15, 0.2) is 48.5 Å². The van der Waals surface area contributed by atoms with Crippen molar-refractivity contribution in [2.75, 3.05) is 18.4 Å². The third-order valence-corrected chi connectivity index (χ3v) is 5.09. The van der Waals surface area contributed by atoms with Crippen LogP contribution in [0.5, 0.6) is 0 Å². The molecule has 0 unspecified atom stereocenters. The zero-order valence-electron chi connectivity index (χ0n) is 16.0. The summed E-state index contributed by atoms with van der Waals surface area (Å²) in [5.74, 6) is 0.276. The summed E-state index contributed by atoms with van der Waals surface area (Å²) >= 11 is 0. The maximum absolute atomic E-state index is 13.0. The Balaban J connectivity index is 1.39. The number of ketones is 1. The van der Waals surface area contributed by atoms with E-state index in [0.717, 1.165) is 31.4 Å². The molecule has 1 fully saturated rings. The summed E-state index contributed by atoms with van der Waals surface area (Å²) in [5, 5.41) is 9.13. The van der Waals surface area contributed by atoms with Crippen LogP contribution in [0.3, 0.4) is 0 Å². The van der Waals surface area contributed by atoms with E-state index in [4.69, 9.17) is 0 Å². The van der Waals surface area contributed by atoms with E-state index in [9.17, 15) is 14.0 Å². The van der Waals surface area contributed by atoms with Gasteiger partial charge in [0, 0.05) is 23.8 Å². The van der Waals surface area contributed by atoms with E-state index >= 15 is 0 Å². The molecule has 1 heterocycles. The highest BCUT2D eigenvalue weighted by molar-refractivity contribution is 5.96. The number of amides is 2. The van der Waals surface area contributed by atoms with Crippen molar-refractivity contribution < 1.29 is 14.0 Å². The van der Waals surface area contributed by atoms with Crippen LogP contribution in [0.1, 0.15) is 35.7 Å². The molecule has 1 aliphatic rings.